The second kappa shape index (κ2) is 10.1. The zero-order chi connectivity index (χ0) is 22.8. The van der Waals surface area contributed by atoms with Gasteiger partial charge in [0.1, 0.15) is 0 Å². The Bertz CT molecular complexity index is 1010. The minimum Gasteiger partial charge on any atom is -0.380 e. The van der Waals surface area contributed by atoms with Crippen LogP contribution in [0, 0.1) is 5.92 Å². The molecular weight excluding hydrogens is 467 g/mol. The molecule has 4 rings (SSSR count). The summed E-state index contributed by atoms with van der Waals surface area (Å²) in [4.78, 5) is 19.1. The lowest BCUT2D eigenvalue weighted by Gasteiger charge is -2.31. The number of hydrogen-bond acceptors (Lipinski definition) is 4. The largest absolute Gasteiger partial charge is 0.380 e. The molecule has 1 aromatic carbocycles. The second-order valence-electron chi connectivity index (χ2n) is 8.61. The third kappa shape index (κ3) is 5.28. The van der Waals surface area contributed by atoms with E-state index in [0.717, 1.165) is 42.6 Å². The summed E-state index contributed by atoms with van der Waals surface area (Å²) in [6, 6.07) is 8.12. The van der Waals surface area contributed by atoms with Crippen LogP contribution in [0.15, 0.2) is 30.5 Å². The Kier molecular flexibility index (Phi) is 7.40. The van der Waals surface area contributed by atoms with Gasteiger partial charge in [-0.15, -0.1) is 0 Å². The number of fused-ring (bicyclic) bond motifs is 1. The number of pyridine rings is 1. The molecule has 2 aromatic rings. The predicted molar refractivity (Wildman–Crippen MR) is 130 cm³/mol. The molecule has 172 valence electrons. The van der Waals surface area contributed by atoms with Crippen molar-refractivity contribution in [3.8, 4) is 0 Å². The summed E-state index contributed by atoms with van der Waals surface area (Å²) in [5.74, 6) is 0.125. The van der Waals surface area contributed by atoms with E-state index in [9.17, 15) is 9.00 Å². The van der Waals surface area contributed by atoms with Gasteiger partial charge in [-0.2, -0.15) is 0 Å². The van der Waals surface area contributed by atoms with Crippen molar-refractivity contribution in [1.82, 2.24) is 14.2 Å². The van der Waals surface area contributed by atoms with Gasteiger partial charge < -0.3 is 10.2 Å². The number of rotatable bonds is 6. The minimum atomic E-state index is -0.961. The van der Waals surface area contributed by atoms with E-state index in [1.165, 1.54) is 5.56 Å². The Morgan fingerprint density at radius 2 is 1.97 bits per heavy atom. The number of amides is 1. The first-order chi connectivity index (χ1) is 15.3. The highest BCUT2D eigenvalue weighted by molar-refractivity contribution is 7.81. The summed E-state index contributed by atoms with van der Waals surface area (Å²) in [5, 5.41) is 4.78. The third-order valence-electron chi connectivity index (χ3n) is 6.35. The SMILES string of the molecule is CN(Cc1ccc(NC2Cc3ccc(Cl)c(Cl)c3C2)cn1)C(=O)C1CCN(S(C)=O)CC1. The Labute approximate surface area is 201 Å². The van der Waals surface area contributed by atoms with Crippen LogP contribution in [0.5, 0.6) is 0 Å². The number of anilines is 1. The Balaban J connectivity index is 1.29. The molecule has 1 fully saturated rings. The lowest BCUT2D eigenvalue weighted by molar-refractivity contribution is -0.136. The molecule has 32 heavy (non-hydrogen) atoms. The maximum atomic E-state index is 12.8. The average molecular weight is 495 g/mol. The predicted octanol–water partition coefficient (Wildman–Crippen LogP) is 3.93. The number of aromatic nitrogens is 1. The summed E-state index contributed by atoms with van der Waals surface area (Å²) in [6.07, 6.45) is 6.74. The summed E-state index contributed by atoms with van der Waals surface area (Å²) in [5.41, 5.74) is 4.15. The maximum absolute atomic E-state index is 12.8. The molecule has 1 saturated heterocycles. The highest BCUT2D eigenvalue weighted by atomic mass is 35.5. The number of halogens is 2. The zero-order valence-corrected chi connectivity index (χ0v) is 20.6. The van der Waals surface area contributed by atoms with Gasteiger partial charge in [0.2, 0.25) is 5.91 Å². The van der Waals surface area contributed by atoms with Crippen molar-refractivity contribution in [2.75, 3.05) is 31.7 Å². The molecule has 0 saturated carbocycles. The van der Waals surface area contributed by atoms with E-state index in [4.69, 9.17) is 23.2 Å². The van der Waals surface area contributed by atoms with Gasteiger partial charge in [-0.05, 0) is 55.0 Å². The molecule has 1 aromatic heterocycles. The molecule has 0 radical (unpaired) electrons. The summed E-state index contributed by atoms with van der Waals surface area (Å²) in [6.45, 7) is 1.88. The molecule has 9 heteroatoms. The molecule has 0 spiro atoms. The van der Waals surface area contributed by atoms with Gasteiger partial charge in [0, 0.05) is 38.4 Å². The lowest BCUT2D eigenvalue weighted by atomic mass is 9.96. The summed E-state index contributed by atoms with van der Waals surface area (Å²) in [7, 11) is 0.864. The Morgan fingerprint density at radius 1 is 1.22 bits per heavy atom. The van der Waals surface area contributed by atoms with E-state index in [0.29, 0.717) is 29.7 Å². The maximum Gasteiger partial charge on any atom is 0.225 e. The van der Waals surface area contributed by atoms with Crippen molar-refractivity contribution in [2.24, 2.45) is 5.92 Å². The smallest absolute Gasteiger partial charge is 0.225 e. The van der Waals surface area contributed by atoms with Crippen molar-refractivity contribution in [1.29, 1.82) is 0 Å². The van der Waals surface area contributed by atoms with E-state index in [1.807, 2.05) is 41.8 Å². The highest BCUT2D eigenvalue weighted by Crippen LogP contribution is 2.35. The first-order valence-corrected chi connectivity index (χ1v) is 13.1. The number of hydrogen-bond donors (Lipinski definition) is 1. The van der Waals surface area contributed by atoms with Crippen LogP contribution in [0.1, 0.15) is 29.7 Å². The molecule has 2 heterocycles. The Morgan fingerprint density at radius 3 is 2.62 bits per heavy atom. The van der Waals surface area contributed by atoms with E-state index < -0.39 is 11.0 Å². The number of benzene rings is 1. The van der Waals surface area contributed by atoms with E-state index >= 15 is 0 Å². The van der Waals surface area contributed by atoms with Crippen LogP contribution in [-0.4, -0.2) is 56.7 Å². The molecule has 1 aliphatic heterocycles. The fourth-order valence-corrected chi connectivity index (χ4v) is 5.73. The van der Waals surface area contributed by atoms with Gasteiger partial charge in [0.15, 0.2) is 0 Å². The molecule has 6 nitrogen and oxygen atoms in total. The van der Waals surface area contributed by atoms with Crippen LogP contribution in [0.25, 0.3) is 0 Å². The molecule has 0 bridgehead atoms. The van der Waals surface area contributed by atoms with E-state index in [1.54, 1.807) is 11.2 Å². The third-order valence-corrected chi connectivity index (χ3v) is 8.28. The average Bonchev–Trinajstić information content (AvgIpc) is 3.20. The number of carbonyl (C=O) groups is 1. The number of nitrogens with one attached hydrogen (secondary N) is 1. The topological polar surface area (TPSA) is 65.5 Å². The number of nitrogens with zero attached hydrogens (tertiary/aromatic N) is 3. The molecule has 2 unspecified atom stereocenters. The summed E-state index contributed by atoms with van der Waals surface area (Å²) < 4.78 is 13.5. The normalized spacial score (nSPS) is 20.1. The second-order valence-corrected chi connectivity index (χ2v) is 10.8. The van der Waals surface area contributed by atoms with E-state index in [-0.39, 0.29) is 17.9 Å². The van der Waals surface area contributed by atoms with Crippen LogP contribution < -0.4 is 5.32 Å². The van der Waals surface area contributed by atoms with Gasteiger partial charge in [-0.1, -0.05) is 29.3 Å². The van der Waals surface area contributed by atoms with Gasteiger partial charge in [-0.3, -0.25) is 9.78 Å². The fourth-order valence-electron chi connectivity index (χ4n) is 4.56. The van der Waals surface area contributed by atoms with Crippen LogP contribution in [0.3, 0.4) is 0 Å². The lowest BCUT2D eigenvalue weighted by Crippen LogP contribution is -2.41. The van der Waals surface area contributed by atoms with Gasteiger partial charge in [0.05, 0.1) is 45.2 Å². The molecule has 1 N–H and O–H groups in total. The number of carbonyl (C=O) groups excluding carboxylic acids is 1. The molecule has 2 atom stereocenters. The fraction of sp³-hybridized carbons (Fsp3) is 0.478. The van der Waals surface area contributed by atoms with Gasteiger partial charge >= 0.3 is 0 Å². The zero-order valence-electron chi connectivity index (χ0n) is 18.3. The number of piperidine rings is 1. The molecule has 2 aliphatic rings. The van der Waals surface area contributed by atoms with Crippen molar-refractivity contribution in [3.63, 3.8) is 0 Å². The van der Waals surface area contributed by atoms with Gasteiger partial charge in [0.25, 0.3) is 0 Å². The highest BCUT2D eigenvalue weighted by Gasteiger charge is 2.28. The van der Waals surface area contributed by atoms with Crippen molar-refractivity contribution in [2.45, 2.75) is 38.3 Å². The Hall–Kier alpha value is -1.67. The molecule has 1 aliphatic carbocycles. The van der Waals surface area contributed by atoms with Gasteiger partial charge in [-0.25, -0.2) is 8.51 Å². The van der Waals surface area contributed by atoms with E-state index in [2.05, 4.69) is 10.3 Å². The van der Waals surface area contributed by atoms with Crippen molar-refractivity contribution >= 4 is 45.8 Å². The first kappa shape index (κ1) is 23.5. The quantitative estimate of drug-likeness (QED) is 0.660. The van der Waals surface area contributed by atoms with Crippen molar-refractivity contribution in [3.05, 3.63) is 57.3 Å². The minimum absolute atomic E-state index is 0.00920. The molecular formula is C23H28Cl2N4O2S. The summed E-state index contributed by atoms with van der Waals surface area (Å²) >= 11 is 12.5. The van der Waals surface area contributed by atoms with Crippen LogP contribution in [-0.2, 0) is 35.2 Å². The van der Waals surface area contributed by atoms with Crippen LogP contribution >= 0.6 is 23.2 Å². The van der Waals surface area contributed by atoms with Crippen LogP contribution in [0.2, 0.25) is 10.0 Å². The standard InChI is InChI=1S/C23H28Cl2N4O2S/c1-28(23(30)15-7-9-29(10-8-15)32(2)31)14-18-5-4-17(13-26-18)27-19-11-16-3-6-21(24)22(25)20(16)12-19/h3-6,13,15,19,27H,7-12,14H2,1-2H3. The van der Waals surface area contributed by atoms with Crippen molar-refractivity contribution < 1.29 is 9.00 Å². The first-order valence-electron chi connectivity index (χ1n) is 10.8. The van der Waals surface area contributed by atoms with Crippen LogP contribution in [0.4, 0.5) is 5.69 Å². The monoisotopic (exact) mass is 494 g/mol. The molecule has 1 amide bonds.